The first-order valence-corrected chi connectivity index (χ1v) is 11.3. The summed E-state index contributed by atoms with van der Waals surface area (Å²) in [5.41, 5.74) is 2.15. The number of piperazine rings is 1. The molecule has 2 aromatic rings. The number of benzene rings is 2. The normalized spacial score (nSPS) is 21.4. The predicted octanol–water partition coefficient (Wildman–Crippen LogP) is 0.0877. The van der Waals surface area contributed by atoms with E-state index in [-0.39, 0.29) is 5.91 Å². The van der Waals surface area contributed by atoms with E-state index in [4.69, 9.17) is 4.74 Å². The van der Waals surface area contributed by atoms with Crippen molar-refractivity contribution in [3.8, 4) is 5.75 Å². The Balaban J connectivity index is 1.14. The second-order valence-corrected chi connectivity index (χ2v) is 8.38. The molecule has 6 heteroatoms. The van der Waals surface area contributed by atoms with Gasteiger partial charge in [0.25, 0.3) is 5.91 Å². The van der Waals surface area contributed by atoms with Crippen LogP contribution in [0.5, 0.6) is 5.75 Å². The van der Waals surface area contributed by atoms with E-state index in [1.165, 1.54) is 23.4 Å². The molecule has 0 saturated carbocycles. The number of carbonyl (C=O) groups excluding carboxylic acids is 1. The number of nitrogens with zero attached hydrogens (tertiary/aromatic N) is 1. The van der Waals surface area contributed by atoms with Crippen LogP contribution in [-0.4, -0.2) is 64.9 Å². The average Bonchev–Trinajstić information content (AvgIpc) is 3.31. The van der Waals surface area contributed by atoms with Crippen LogP contribution in [0, 0.1) is 0 Å². The van der Waals surface area contributed by atoms with Crippen molar-refractivity contribution in [3.05, 3.63) is 54.6 Å². The molecule has 3 N–H and O–H groups in total. The summed E-state index contributed by atoms with van der Waals surface area (Å²) in [4.78, 5) is 17.8. The minimum Gasteiger partial charge on any atom is -0.488 e. The highest BCUT2D eigenvalue weighted by Crippen LogP contribution is 2.21. The fourth-order valence-corrected chi connectivity index (χ4v) is 4.38. The van der Waals surface area contributed by atoms with Gasteiger partial charge in [0.15, 0.2) is 6.54 Å². The molecule has 0 aromatic heterocycles. The molecular formula is C24H34N4O2+2. The van der Waals surface area contributed by atoms with Gasteiger partial charge in [0.1, 0.15) is 45.1 Å². The Bertz CT molecular complexity index is 783. The van der Waals surface area contributed by atoms with Crippen molar-refractivity contribution >= 4 is 17.3 Å². The van der Waals surface area contributed by atoms with Crippen LogP contribution in [0.1, 0.15) is 12.8 Å². The maximum Gasteiger partial charge on any atom is 0.279 e. The summed E-state index contributed by atoms with van der Waals surface area (Å²) in [6, 6.07) is 18.3. The number of para-hydroxylation sites is 1. The minimum absolute atomic E-state index is 0.106. The summed E-state index contributed by atoms with van der Waals surface area (Å²) < 4.78 is 5.81. The number of quaternary nitrogens is 2. The van der Waals surface area contributed by atoms with Crippen LogP contribution in [-0.2, 0) is 4.79 Å². The minimum atomic E-state index is 0.106. The molecule has 2 fully saturated rings. The highest BCUT2D eigenvalue weighted by atomic mass is 16.5. The molecule has 4 rings (SSSR count). The van der Waals surface area contributed by atoms with Crippen molar-refractivity contribution in [2.75, 3.05) is 69.2 Å². The van der Waals surface area contributed by atoms with E-state index >= 15 is 0 Å². The van der Waals surface area contributed by atoms with E-state index < -0.39 is 0 Å². The fourth-order valence-electron chi connectivity index (χ4n) is 4.38. The summed E-state index contributed by atoms with van der Waals surface area (Å²) in [6.07, 6.45) is 2.55. The Labute approximate surface area is 179 Å². The lowest BCUT2D eigenvalue weighted by molar-refractivity contribution is -1.01. The predicted molar refractivity (Wildman–Crippen MR) is 120 cm³/mol. The molecule has 2 aliphatic rings. The lowest BCUT2D eigenvalue weighted by atomic mass is 10.2. The second kappa shape index (κ2) is 10.5. The van der Waals surface area contributed by atoms with Crippen LogP contribution in [0.3, 0.4) is 0 Å². The van der Waals surface area contributed by atoms with Crippen LogP contribution in [0.15, 0.2) is 54.6 Å². The van der Waals surface area contributed by atoms with Gasteiger partial charge < -0.3 is 24.8 Å². The lowest BCUT2D eigenvalue weighted by Gasteiger charge is -2.29. The Kier molecular flexibility index (Phi) is 7.21. The van der Waals surface area contributed by atoms with Crippen LogP contribution in [0.4, 0.5) is 11.4 Å². The van der Waals surface area contributed by atoms with Gasteiger partial charge in [-0.3, -0.25) is 4.79 Å². The molecule has 30 heavy (non-hydrogen) atoms. The zero-order valence-electron chi connectivity index (χ0n) is 17.7. The number of nitrogens with one attached hydrogen (secondary N) is 3. The Morgan fingerprint density at radius 1 is 0.900 bits per heavy atom. The van der Waals surface area contributed by atoms with Crippen molar-refractivity contribution < 1.29 is 19.3 Å². The van der Waals surface area contributed by atoms with Gasteiger partial charge in [-0.25, -0.2) is 0 Å². The van der Waals surface area contributed by atoms with E-state index in [0.717, 1.165) is 63.9 Å². The number of rotatable bonds is 8. The van der Waals surface area contributed by atoms with Gasteiger partial charge in [-0.2, -0.15) is 0 Å². The Morgan fingerprint density at radius 3 is 2.27 bits per heavy atom. The van der Waals surface area contributed by atoms with Gasteiger partial charge >= 0.3 is 0 Å². The van der Waals surface area contributed by atoms with Crippen molar-refractivity contribution in [2.45, 2.75) is 12.8 Å². The summed E-state index contributed by atoms with van der Waals surface area (Å²) in [5.74, 6) is 1.04. The Hall–Kier alpha value is -2.57. The SMILES string of the molecule is O=C(C[NH+]1CC[NH+](CCOc2ccccc2)CC1)Nc1ccc(N2CCCC2)cc1. The number of hydrogen-bond donors (Lipinski definition) is 3. The van der Waals surface area contributed by atoms with Crippen LogP contribution in [0.25, 0.3) is 0 Å². The van der Waals surface area contributed by atoms with Crippen molar-refractivity contribution in [3.63, 3.8) is 0 Å². The first kappa shape index (κ1) is 20.7. The number of hydrogen-bond acceptors (Lipinski definition) is 3. The highest BCUT2D eigenvalue weighted by molar-refractivity contribution is 5.91. The van der Waals surface area contributed by atoms with E-state index in [1.54, 1.807) is 4.90 Å². The molecule has 2 heterocycles. The fraction of sp³-hybridized carbons (Fsp3) is 0.458. The maximum atomic E-state index is 12.5. The van der Waals surface area contributed by atoms with Crippen molar-refractivity contribution in [1.29, 1.82) is 0 Å². The third-order valence-electron chi connectivity index (χ3n) is 6.16. The van der Waals surface area contributed by atoms with Gasteiger partial charge in [0.05, 0.1) is 0 Å². The smallest absolute Gasteiger partial charge is 0.279 e. The van der Waals surface area contributed by atoms with Gasteiger partial charge in [-0.15, -0.1) is 0 Å². The lowest BCUT2D eigenvalue weighted by Crippen LogP contribution is -3.28. The Morgan fingerprint density at radius 2 is 1.57 bits per heavy atom. The first-order valence-electron chi connectivity index (χ1n) is 11.3. The van der Waals surface area contributed by atoms with Gasteiger partial charge in [-0.1, -0.05) is 18.2 Å². The van der Waals surface area contributed by atoms with E-state index in [1.807, 2.05) is 42.5 Å². The molecule has 0 aliphatic carbocycles. The number of amides is 1. The molecule has 1 amide bonds. The molecule has 0 unspecified atom stereocenters. The van der Waals surface area contributed by atoms with E-state index in [0.29, 0.717) is 6.54 Å². The van der Waals surface area contributed by atoms with Crippen LogP contribution in [0.2, 0.25) is 0 Å². The molecule has 2 aromatic carbocycles. The molecule has 2 saturated heterocycles. The largest absolute Gasteiger partial charge is 0.488 e. The highest BCUT2D eigenvalue weighted by Gasteiger charge is 2.24. The number of anilines is 2. The zero-order chi connectivity index (χ0) is 20.6. The van der Waals surface area contributed by atoms with E-state index in [2.05, 4.69) is 22.3 Å². The number of ether oxygens (including phenoxy) is 1. The molecule has 0 spiro atoms. The first-order chi connectivity index (χ1) is 14.8. The van der Waals surface area contributed by atoms with Crippen molar-refractivity contribution in [1.82, 2.24) is 0 Å². The van der Waals surface area contributed by atoms with Crippen molar-refractivity contribution in [2.24, 2.45) is 0 Å². The number of carbonyl (C=O) groups is 1. The zero-order valence-corrected chi connectivity index (χ0v) is 17.7. The molecule has 160 valence electrons. The molecule has 0 radical (unpaired) electrons. The topological polar surface area (TPSA) is 50.5 Å². The quantitative estimate of drug-likeness (QED) is 0.578. The summed E-state index contributed by atoms with van der Waals surface area (Å²) in [6.45, 7) is 8.81. The van der Waals surface area contributed by atoms with Gasteiger partial charge in [-0.05, 0) is 49.2 Å². The third kappa shape index (κ3) is 5.97. The van der Waals surface area contributed by atoms with Gasteiger partial charge in [0, 0.05) is 24.5 Å². The molecule has 2 aliphatic heterocycles. The van der Waals surface area contributed by atoms with Crippen LogP contribution >= 0.6 is 0 Å². The van der Waals surface area contributed by atoms with E-state index in [9.17, 15) is 4.79 Å². The van der Waals surface area contributed by atoms with Crippen LogP contribution < -0.4 is 24.8 Å². The average molecular weight is 411 g/mol. The summed E-state index contributed by atoms with van der Waals surface area (Å²) in [5, 5.41) is 3.07. The second-order valence-electron chi connectivity index (χ2n) is 8.38. The molecular weight excluding hydrogens is 376 g/mol. The molecule has 6 nitrogen and oxygen atoms in total. The molecule has 0 atom stereocenters. The standard InChI is InChI=1S/C24H32N4O2/c29-24(25-21-8-10-22(11-9-21)28-12-4-5-13-28)20-27-16-14-26(15-17-27)18-19-30-23-6-2-1-3-7-23/h1-3,6-11H,4-5,12-20H2,(H,25,29)/p+2. The molecule has 0 bridgehead atoms. The maximum absolute atomic E-state index is 12.5. The van der Waals surface area contributed by atoms with Gasteiger partial charge in [0.2, 0.25) is 0 Å². The summed E-state index contributed by atoms with van der Waals surface area (Å²) in [7, 11) is 0. The third-order valence-corrected chi connectivity index (χ3v) is 6.16. The summed E-state index contributed by atoms with van der Waals surface area (Å²) >= 11 is 0. The monoisotopic (exact) mass is 410 g/mol.